The Labute approximate surface area is 107 Å². The average Bonchev–Trinajstić information content (AvgIpc) is 2.69. The van der Waals surface area contributed by atoms with Crippen molar-refractivity contribution < 1.29 is 8.42 Å². The zero-order valence-electron chi connectivity index (χ0n) is 10.4. The summed E-state index contributed by atoms with van der Waals surface area (Å²) in [4.78, 5) is 7.78. The predicted octanol–water partition coefficient (Wildman–Crippen LogP) is 1.43. The number of rotatable bonds is 2. The lowest BCUT2D eigenvalue weighted by atomic mass is 9.68. The second-order valence-corrected chi connectivity index (χ2v) is 7.34. The molecule has 2 heterocycles. The van der Waals surface area contributed by atoms with Gasteiger partial charge in [-0.2, -0.15) is 4.31 Å². The van der Waals surface area contributed by atoms with Crippen LogP contribution in [-0.4, -0.2) is 35.3 Å². The highest BCUT2D eigenvalue weighted by atomic mass is 32.2. The molecule has 6 heteroatoms. The average molecular weight is 267 g/mol. The smallest absolute Gasteiger partial charge is 0.260 e. The van der Waals surface area contributed by atoms with E-state index in [0.29, 0.717) is 6.54 Å². The zero-order chi connectivity index (χ0) is 12.8. The van der Waals surface area contributed by atoms with Crippen molar-refractivity contribution in [2.24, 2.45) is 5.41 Å². The number of hydrogen-bond acceptors (Lipinski definition) is 4. The molecule has 0 aromatic carbocycles. The van der Waals surface area contributed by atoms with E-state index in [1.165, 1.54) is 25.0 Å². The Kier molecular flexibility index (Phi) is 2.67. The summed E-state index contributed by atoms with van der Waals surface area (Å²) in [6.45, 7) is 2.63. The zero-order valence-corrected chi connectivity index (χ0v) is 11.2. The maximum atomic E-state index is 12.5. The molecule has 1 atom stereocenters. The third kappa shape index (κ3) is 1.75. The first-order valence-corrected chi connectivity index (χ1v) is 7.75. The highest BCUT2D eigenvalue weighted by Gasteiger charge is 2.50. The lowest BCUT2D eigenvalue weighted by molar-refractivity contribution is 0.152. The topological polar surface area (TPSA) is 63.2 Å². The summed E-state index contributed by atoms with van der Waals surface area (Å²) >= 11 is 0. The summed E-state index contributed by atoms with van der Waals surface area (Å²) in [5, 5.41) is 0.0632. The highest BCUT2D eigenvalue weighted by molar-refractivity contribution is 7.89. The van der Waals surface area contributed by atoms with Crippen molar-refractivity contribution in [2.45, 2.75) is 43.7 Å². The Bertz CT molecular complexity index is 540. The molecule has 1 aromatic rings. The van der Waals surface area contributed by atoms with Crippen molar-refractivity contribution in [2.75, 3.05) is 6.54 Å². The largest absolute Gasteiger partial charge is 0.262 e. The summed E-state index contributed by atoms with van der Waals surface area (Å²) in [5.74, 6) is 0. The van der Waals surface area contributed by atoms with E-state index in [1.54, 1.807) is 4.31 Å². The van der Waals surface area contributed by atoms with Crippen LogP contribution in [0.2, 0.25) is 0 Å². The second kappa shape index (κ2) is 3.99. The van der Waals surface area contributed by atoms with Gasteiger partial charge in [-0.05, 0) is 31.6 Å². The number of nitrogens with zero attached hydrogens (tertiary/aromatic N) is 3. The molecule has 1 spiro atoms. The SMILES string of the molecule is CC1CC2(CCC2)CN1S(=O)(=O)c1cnccn1. The monoisotopic (exact) mass is 267 g/mol. The third-order valence-corrected chi connectivity index (χ3v) is 6.08. The van der Waals surface area contributed by atoms with Gasteiger partial charge in [-0.1, -0.05) is 6.42 Å². The second-order valence-electron chi connectivity index (χ2n) is 5.50. The molecule has 5 nitrogen and oxygen atoms in total. The first-order valence-electron chi connectivity index (χ1n) is 6.31. The summed E-state index contributed by atoms with van der Waals surface area (Å²) in [5.41, 5.74) is 0.245. The minimum atomic E-state index is -3.48. The normalized spacial score (nSPS) is 27.3. The molecule has 1 saturated heterocycles. The van der Waals surface area contributed by atoms with Crippen molar-refractivity contribution in [1.29, 1.82) is 0 Å². The van der Waals surface area contributed by atoms with Crippen LogP contribution < -0.4 is 0 Å². The first-order chi connectivity index (χ1) is 8.54. The number of hydrogen-bond donors (Lipinski definition) is 0. The minimum Gasteiger partial charge on any atom is -0.260 e. The summed E-state index contributed by atoms with van der Waals surface area (Å²) in [7, 11) is -3.48. The maximum absolute atomic E-state index is 12.5. The predicted molar refractivity (Wildman–Crippen MR) is 66.3 cm³/mol. The Morgan fingerprint density at radius 1 is 1.39 bits per heavy atom. The van der Waals surface area contributed by atoms with E-state index in [-0.39, 0.29) is 16.5 Å². The summed E-state index contributed by atoms with van der Waals surface area (Å²) in [6.07, 6.45) is 8.76. The van der Waals surface area contributed by atoms with Crippen molar-refractivity contribution in [1.82, 2.24) is 14.3 Å². The molecule has 1 unspecified atom stereocenters. The molecule has 1 aromatic heterocycles. The summed E-state index contributed by atoms with van der Waals surface area (Å²) < 4.78 is 26.6. The Balaban J connectivity index is 1.91. The van der Waals surface area contributed by atoms with Gasteiger partial charge in [0.1, 0.15) is 0 Å². The van der Waals surface area contributed by atoms with E-state index in [1.807, 2.05) is 6.92 Å². The van der Waals surface area contributed by atoms with Gasteiger partial charge in [0.05, 0.1) is 6.20 Å². The highest BCUT2D eigenvalue weighted by Crippen LogP contribution is 2.51. The molecule has 1 aliphatic carbocycles. The van der Waals surface area contributed by atoms with Gasteiger partial charge in [0.25, 0.3) is 10.0 Å². The Morgan fingerprint density at radius 2 is 2.17 bits per heavy atom. The van der Waals surface area contributed by atoms with Gasteiger partial charge in [-0.25, -0.2) is 13.4 Å². The van der Waals surface area contributed by atoms with Gasteiger partial charge in [0.15, 0.2) is 5.03 Å². The molecule has 18 heavy (non-hydrogen) atoms. The Hall–Kier alpha value is -1.01. The van der Waals surface area contributed by atoms with E-state index in [9.17, 15) is 8.42 Å². The van der Waals surface area contributed by atoms with E-state index < -0.39 is 10.0 Å². The third-order valence-electron chi connectivity index (χ3n) is 4.24. The van der Waals surface area contributed by atoms with Crippen LogP contribution in [-0.2, 0) is 10.0 Å². The number of aromatic nitrogens is 2. The maximum Gasteiger partial charge on any atom is 0.262 e. The van der Waals surface area contributed by atoms with Gasteiger partial charge in [0, 0.05) is 25.0 Å². The van der Waals surface area contributed by atoms with Crippen molar-refractivity contribution in [3.63, 3.8) is 0 Å². The molecular formula is C12H17N3O2S. The van der Waals surface area contributed by atoms with E-state index in [0.717, 1.165) is 19.3 Å². The van der Waals surface area contributed by atoms with Crippen LogP contribution in [0.4, 0.5) is 0 Å². The van der Waals surface area contributed by atoms with E-state index in [4.69, 9.17) is 0 Å². The van der Waals surface area contributed by atoms with Crippen LogP contribution in [0.25, 0.3) is 0 Å². The minimum absolute atomic E-state index is 0.0632. The van der Waals surface area contributed by atoms with E-state index >= 15 is 0 Å². The lowest BCUT2D eigenvalue weighted by Gasteiger charge is -2.37. The molecule has 1 saturated carbocycles. The van der Waals surface area contributed by atoms with Crippen molar-refractivity contribution in [3.05, 3.63) is 18.6 Å². The van der Waals surface area contributed by atoms with Gasteiger partial charge in [-0.3, -0.25) is 4.98 Å². The van der Waals surface area contributed by atoms with Gasteiger partial charge in [-0.15, -0.1) is 0 Å². The van der Waals surface area contributed by atoms with Crippen LogP contribution in [0.3, 0.4) is 0 Å². The van der Waals surface area contributed by atoms with Crippen LogP contribution in [0.15, 0.2) is 23.6 Å². The Morgan fingerprint density at radius 3 is 2.67 bits per heavy atom. The fraction of sp³-hybridized carbons (Fsp3) is 0.667. The van der Waals surface area contributed by atoms with Crippen LogP contribution in [0, 0.1) is 5.41 Å². The standard InChI is InChI=1S/C12H17N3O2S/c1-10-7-12(3-2-4-12)9-15(10)18(16,17)11-8-13-5-6-14-11/h5-6,8,10H,2-4,7,9H2,1H3. The fourth-order valence-corrected chi connectivity index (χ4v) is 4.80. The molecule has 2 aliphatic rings. The van der Waals surface area contributed by atoms with Crippen molar-refractivity contribution in [3.8, 4) is 0 Å². The van der Waals surface area contributed by atoms with Crippen LogP contribution >= 0.6 is 0 Å². The summed E-state index contributed by atoms with van der Waals surface area (Å²) in [6, 6.07) is 0.0670. The molecule has 3 rings (SSSR count). The molecule has 1 aliphatic heterocycles. The van der Waals surface area contributed by atoms with Gasteiger partial charge in [0.2, 0.25) is 0 Å². The molecule has 0 amide bonds. The van der Waals surface area contributed by atoms with Crippen LogP contribution in [0.1, 0.15) is 32.6 Å². The van der Waals surface area contributed by atoms with Gasteiger partial charge >= 0.3 is 0 Å². The first kappa shape index (κ1) is 12.0. The molecular weight excluding hydrogens is 250 g/mol. The molecule has 2 fully saturated rings. The van der Waals surface area contributed by atoms with Gasteiger partial charge < -0.3 is 0 Å². The lowest BCUT2D eigenvalue weighted by Crippen LogP contribution is -2.37. The number of sulfonamides is 1. The molecule has 0 radical (unpaired) electrons. The quantitative estimate of drug-likeness (QED) is 0.813. The van der Waals surface area contributed by atoms with Crippen LogP contribution in [0.5, 0.6) is 0 Å². The fourth-order valence-electron chi connectivity index (χ4n) is 3.18. The molecule has 98 valence electrons. The van der Waals surface area contributed by atoms with E-state index in [2.05, 4.69) is 9.97 Å². The van der Waals surface area contributed by atoms with Crippen molar-refractivity contribution >= 4 is 10.0 Å². The molecule has 0 N–H and O–H groups in total. The molecule has 0 bridgehead atoms.